The molecule has 0 radical (unpaired) electrons. The summed E-state index contributed by atoms with van der Waals surface area (Å²) in [6, 6.07) is 11.2. The number of aryl methyl sites for hydroxylation is 2. The summed E-state index contributed by atoms with van der Waals surface area (Å²) in [5.74, 6) is -0.815. The van der Waals surface area contributed by atoms with Crippen LogP contribution in [0.5, 0.6) is 0 Å². The van der Waals surface area contributed by atoms with E-state index < -0.39 is 32.2 Å². The van der Waals surface area contributed by atoms with Crippen molar-refractivity contribution < 1.29 is 35.8 Å². The van der Waals surface area contributed by atoms with E-state index >= 15 is 0 Å². The normalized spacial score (nSPS) is 11.4. The summed E-state index contributed by atoms with van der Waals surface area (Å²) in [6.45, 7) is 3.68. The second-order valence-electron chi connectivity index (χ2n) is 6.11. The van der Waals surface area contributed by atoms with Gasteiger partial charge in [0.1, 0.15) is 6.04 Å². The first-order valence-corrected chi connectivity index (χ1v) is 13.8. The molecule has 13 heteroatoms. The Balaban J connectivity index is 0. The summed E-state index contributed by atoms with van der Waals surface area (Å²) >= 11 is 5.40. The minimum atomic E-state index is -4.02. The maximum absolute atomic E-state index is 10.5. The van der Waals surface area contributed by atoms with Crippen LogP contribution in [0.2, 0.25) is 0 Å². The molecular formula is C19H29NO8S4. The third-order valence-electron chi connectivity index (χ3n) is 3.15. The summed E-state index contributed by atoms with van der Waals surface area (Å²) in [5.41, 5.74) is 6.85. The molecule has 0 unspecified atom stereocenters. The number of carbonyl (C=O) groups is 1. The Morgan fingerprint density at radius 3 is 1.25 bits per heavy atom. The molecule has 2 aromatic rings. The van der Waals surface area contributed by atoms with Gasteiger partial charge in [-0.05, 0) is 50.6 Å². The Kier molecular flexibility index (Phi) is 16.4. The fourth-order valence-corrected chi connectivity index (χ4v) is 2.61. The lowest BCUT2D eigenvalue weighted by Gasteiger charge is -1.96. The van der Waals surface area contributed by atoms with E-state index in [1.54, 1.807) is 36.0 Å². The van der Waals surface area contributed by atoms with E-state index in [0.717, 1.165) is 11.1 Å². The van der Waals surface area contributed by atoms with Crippen LogP contribution in [-0.2, 0) is 25.0 Å². The molecule has 0 aliphatic rings. The molecule has 0 saturated heterocycles. The van der Waals surface area contributed by atoms with Gasteiger partial charge in [0.05, 0.1) is 9.79 Å². The van der Waals surface area contributed by atoms with Crippen molar-refractivity contribution in [3.63, 3.8) is 0 Å². The highest BCUT2D eigenvalue weighted by molar-refractivity contribution is 7.97. The quantitative estimate of drug-likeness (QED) is 0.294. The smallest absolute Gasteiger partial charge is 0.321 e. The Labute approximate surface area is 199 Å². The number of thiol groups is 1. The fourth-order valence-electron chi connectivity index (χ4n) is 1.50. The number of thioether (sulfide) groups is 1. The lowest BCUT2D eigenvalue weighted by atomic mass is 10.2. The average molecular weight is 528 g/mol. The molecule has 0 aliphatic carbocycles. The van der Waals surface area contributed by atoms with Crippen LogP contribution >= 0.6 is 24.4 Å². The van der Waals surface area contributed by atoms with Crippen LogP contribution in [0.1, 0.15) is 11.1 Å². The Morgan fingerprint density at radius 2 is 1.12 bits per heavy atom. The van der Waals surface area contributed by atoms with Gasteiger partial charge in [0, 0.05) is 5.75 Å². The number of benzene rings is 2. The summed E-state index contributed by atoms with van der Waals surface area (Å²) in [7, 11) is -8.04. The fraction of sp³-hybridized carbons (Fsp3) is 0.316. The van der Waals surface area contributed by atoms with Crippen molar-refractivity contribution in [3.05, 3.63) is 59.7 Å². The molecule has 0 heterocycles. The highest BCUT2D eigenvalue weighted by Gasteiger charge is 2.08. The molecule has 0 amide bonds. The van der Waals surface area contributed by atoms with E-state index in [1.165, 1.54) is 24.3 Å². The molecule has 9 nitrogen and oxygen atoms in total. The minimum absolute atomic E-state index is 0.0666. The van der Waals surface area contributed by atoms with Gasteiger partial charge < -0.3 is 10.8 Å². The van der Waals surface area contributed by atoms with Crippen LogP contribution in [-0.4, -0.2) is 61.3 Å². The van der Waals surface area contributed by atoms with Crippen LogP contribution in [0.25, 0.3) is 0 Å². The lowest BCUT2D eigenvalue weighted by Crippen LogP contribution is -2.31. The van der Waals surface area contributed by atoms with Gasteiger partial charge in [0.25, 0.3) is 20.2 Å². The minimum Gasteiger partial charge on any atom is -0.480 e. The molecule has 0 spiro atoms. The lowest BCUT2D eigenvalue weighted by molar-refractivity contribution is -0.137. The van der Waals surface area contributed by atoms with Gasteiger partial charge in [-0.1, -0.05) is 35.4 Å². The summed E-state index contributed by atoms with van der Waals surface area (Å²) in [5, 5.41) is 8.01. The van der Waals surface area contributed by atoms with Crippen molar-refractivity contribution >= 4 is 50.6 Å². The number of aliphatic carboxylic acids is 1. The molecule has 1 atom stereocenters. The second-order valence-corrected chi connectivity index (χ2v) is 10.1. The number of nitrogens with two attached hydrogens (primary N) is 1. The topological polar surface area (TPSA) is 172 Å². The first-order valence-electron chi connectivity index (χ1n) is 8.67. The maximum atomic E-state index is 10.5. The van der Waals surface area contributed by atoms with Gasteiger partial charge in [-0.15, -0.1) is 0 Å². The first kappa shape index (κ1) is 32.6. The van der Waals surface area contributed by atoms with Crippen molar-refractivity contribution in [2.75, 3.05) is 18.3 Å². The molecule has 0 aliphatic heterocycles. The number of hydrogen-bond donors (Lipinski definition) is 5. The van der Waals surface area contributed by atoms with Crippen molar-refractivity contribution in [2.24, 2.45) is 5.73 Å². The van der Waals surface area contributed by atoms with E-state index in [-0.39, 0.29) is 15.5 Å². The Morgan fingerprint density at radius 1 is 0.875 bits per heavy atom. The Bertz CT molecular complexity index is 933. The van der Waals surface area contributed by atoms with Gasteiger partial charge in [-0.25, -0.2) is 0 Å². The molecule has 2 rings (SSSR count). The zero-order chi connectivity index (χ0) is 25.5. The highest BCUT2D eigenvalue weighted by atomic mass is 32.2. The molecule has 32 heavy (non-hydrogen) atoms. The third kappa shape index (κ3) is 16.1. The molecule has 0 saturated carbocycles. The SMILES string of the molecule is CSC.Cc1ccc(S(=O)(=O)O)cc1.Cc1ccc(S(=O)(=O)O)cc1.N[C@H](CS)C(=O)O. The first-order chi connectivity index (χ1) is 14.6. The third-order valence-corrected chi connectivity index (χ3v) is 5.28. The average Bonchev–Trinajstić information content (AvgIpc) is 2.68. The predicted molar refractivity (Wildman–Crippen MR) is 131 cm³/mol. The number of carboxylic acids is 1. The number of rotatable bonds is 4. The van der Waals surface area contributed by atoms with Crippen LogP contribution in [0.4, 0.5) is 0 Å². The van der Waals surface area contributed by atoms with Crippen LogP contribution in [0.3, 0.4) is 0 Å². The molecule has 0 fully saturated rings. The zero-order valence-corrected chi connectivity index (χ0v) is 21.4. The van der Waals surface area contributed by atoms with Crippen molar-refractivity contribution in [3.8, 4) is 0 Å². The molecular weight excluding hydrogens is 498 g/mol. The largest absolute Gasteiger partial charge is 0.480 e. The standard InChI is InChI=1S/2C7H8O3S.C3H7NO2S.C2H6S/c2*1-6-2-4-7(5-3-6)11(8,9)10;4-2(1-7)3(5)6;1-3-2/h2*2-5H,1H3,(H,8,9,10);2,7H,1,4H2,(H,5,6);1-2H3/t;;2-;/m..1./s1. The van der Waals surface area contributed by atoms with E-state index in [9.17, 15) is 21.6 Å². The van der Waals surface area contributed by atoms with Crippen LogP contribution in [0, 0.1) is 13.8 Å². The number of hydrogen-bond acceptors (Lipinski definition) is 8. The van der Waals surface area contributed by atoms with Crippen molar-refractivity contribution in [2.45, 2.75) is 29.7 Å². The van der Waals surface area contributed by atoms with E-state index in [4.69, 9.17) is 19.9 Å². The van der Waals surface area contributed by atoms with Crippen LogP contribution < -0.4 is 5.73 Å². The molecule has 0 aromatic heterocycles. The summed E-state index contributed by atoms with van der Waals surface area (Å²) in [4.78, 5) is 9.62. The van der Waals surface area contributed by atoms with E-state index in [2.05, 4.69) is 12.6 Å². The zero-order valence-electron chi connectivity index (χ0n) is 18.0. The van der Waals surface area contributed by atoms with E-state index in [1.807, 2.05) is 26.4 Å². The summed E-state index contributed by atoms with van der Waals surface area (Å²) < 4.78 is 59.1. The highest BCUT2D eigenvalue weighted by Crippen LogP contribution is 2.09. The summed E-state index contributed by atoms with van der Waals surface area (Å²) in [6.07, 6.45) is 4.08. The predicted octanol–water partition coefficient (Wildman–Crippen LogP) is 2.79. The molecule has 0 bridgehead atoms. The van der Waals surface area contributed by atoms with Crippen LogP contribution in [0.15, 0.2) is 58.3 Å². The second kappa shape index (κ2) is 16.1. The van der Waals surface area contributed by atoms with Crippen molar-refractivity contribution in [1.82, 2.24) is 0 Å². The molecule has 5 N–H and O–H groups in total. The van der Waals surface area contributed by atoms with Gasteiger partial charge in [0.15, 0.2) is 0 Å². The van der Waals surface area contributed by atoms with E-state index in [0.29, 0.717) is 0 Å². The molecule has 2 aromatic carbocycles. The van der Waals surface area contributed by atoms with Gasteiger partial charge in [-0.3, -0.25) is 13.9 Å². The Hall–Kier alpha value is -1.61. The molecule has 182 valence electrons. The van der Waals surface area contributed by atoms with Gasteiger partial charge >= 0.3 is 5.97 Å². The van der Waals surface area contributed by atoms with Gasteiger partial charge in [-0.2, -0.15) is 41.2 Å². The maximum Gasteiger partial charge on any atom is 0.321 e. The number of carboxylic acid groups (broad SMARTS) is 1. The van der Waals surface area contributed by atoms with Gasteiger partial charge in [0.2, 0.25) is 0 Å². The monoisotopic (exact) mass is 527 g/mol. The van der Waals surface area contributed by atoms with Crippen molar-refractivity contribution in [1.29, 1.82) is 0 Å².